The van der Waals surface area contributed by atoms with Crippen LogP contribution in [0.5, 0.6) is 0 Å². The molecule has 0 aliphatic rings. The second-order valence-corrected chi connectivity index (χ2v) is 39.2. The van der Waals surface area contributed by atoms with Crippen LogP contribution < -0.4 is 0 Å². The monoisotopic (exact) mass is 1700 g/mol. The lowest BCUT2D eigenvalue weighted by molar-refractivity contribution is 1.29. The van der Waals surface area contributed by atoms with Crippen molar-refractivity contribution in [1.29, 1.82) is 0 Å². The van der Waals surface area contributed by atoms with Crippen LogP contribution in [0.2, 0.25) is 5.02 Å². The summed E-state index contributed by atoms with van der Waals surface area (Å²) in [6.07, 6.45) is -69.6. The molecule has 2 aromatic heterocycles. The van der Waals surface area contributed by atoms with Crippen LogP contribution in [-0.2, 0) is 0 Å². The zero-order chi connectivity index (χ0) is 107. The SMILES string of the molecule is Cc1cc(-c2ccc(-c3ccccc3-c3cc(Cl)cc(-c4ccccc4-c4ccc(-c5cc(C)c(-c6ccccc6)cn5)cc4)c3)cc2)ncc1-c1ccccc1.[B]B([B])B(B([B])[B])B(B(B([B])[B])B([B])[B])B(B(B([B])[B])B([B])[B])B(B(B(B(B([B])[B])B([B])[B])B(B([B])[B])B([B])[B])B(B(B([B])[B])B([B])[B])B(B([B])[B])B([B])[B])B(B(B(B([B])[B])B([B])[B])B(B([B])[B])B([B])[B])B(B(B([B])[B])B([B])[B])B(B([B])[B])B([B])[B]. The molecule has 0 unspecified atom stereocenters. The summed E-state index contributed by atoms with van der Waals surface area (Å²) >= 11 is 6.94. The van der Waals surface area contributed by atoms with Gasteiger partial charge in [-0.25, -0.2) is 0 Å². The number of rotatable bonds is 49. The lowest BCUT2D eigenvalue weighted by Crippen LogP contribution is -3.00. The number of hydrogen-bond donors (Lipinski definition) is 0. The molecule has 0 atom stereocenters. The molecule has 88 radical (unpaired) electrons. The van der Waals surface area contributed by atoms with E-state index in [1.165, 1.54) is 22.3 Å². The van der Waals surface area contributed by atoms with E-state index in [1.807, 2.05) is 24.5 Å². The summed E-state index contributed by atoms with van der Waals surface area (Å²) < 4.78 is 0. The average molecular weight is 1680 g/mol. The Morgan fingerprint density at radius 1 is 0.154 bits per heavy atom. The lowest BCUT2D eigenvalue weighted by atomic mass is 8.19. The van der Waals surface area contributed by atoms with Crippen molar-refractivity contribution >= 4 is 620 Å². The van der Waals surface area contributed by atoms with E-state index in [9.17, 15) is 0 Å². The fourth-order valence-electron chi connectivity index (χ4n) is 23.2. The van der Waals surface area contributed by atoms with Crippen LogP contribution in [-0.4, -0.2) is 619 Å². The van der Waals surface area contributed by atoms with Crippen LogP contribution in [0.1, 0.15) is 11.1 Å². The Bertz CT molecular complexity index is 4760. The third-order valence-electron chi connectivity index (χ3n) is 29.0. The Morgan fingerprint density at radius 3 is 0.476 bits per heavy atom. The molecule has 0 aliphatic carbocycles. The first-order valence-electron chi connectivity index (χ1n) is 47.6. The summed E-state index contributed by atoms with van der Waals surface area (Å²) in [4.78, 5) is 9.69. The van der Waals surface area contributed by atoms with Gasteiger partial charge in [-0.3, -0.25) is 9.97 Å². The number of hydrogen-bond acceptors (Lipinski definition) is 2. The molecule has 0 N–H and O–H groups in total. The highest BCUT2D eigenvalue weighted by Crippen LogP contribution is 2.41. The van der Waals surface area contributed by atoms with E-state index >= 15 is 0 Å². The van der Waals surface area contributed by atoms with Crippen LogP contribution in [0, 0.1) is 13.8 Å². The molecule has 0 saturated carbocycles. The summed E-state index contributed by atoms with van der Waals surface area (Å²) in [6.45, 7) is 4.30. The van der Waals surface area contributed by atoms with E-state index in [0.717, 1.165) is 78.1 Å². The van der Waals surface area contributed by atoms with Gasteiger partial charge in [0.25, 0.3) is 0 Å². The van der Waals surface area contributed by atoms with Crippen LogP contribution in [0.4, 0.5) is 0 Å². The molecular weight excluding hydrogens is 1640 g/mol. The molecule has 2 nitrogen and oxygen atoms in total. The second kappa shape index (κ2) is 58.5. The topological polar surface area (TPSA) is 25.8 Å². The van der Waals surface area contributed by atoms with Gasteiger partial charge in [-0.15, -0.1) is 0 Å². The Kier molecular flexibility index (Phi) is 51.9. The van der Waals surface area contributed by atoms with E-state index in [4.69, 9.17) is 362 Å². The molecule has 7 aromatic carbocycles. The van der Waals surface area contributed by atoms with Crippen LogP contribution in [0.3, 0.4) is 0 Å². The normalized spacial score (nSPS) is 10.3. The Labute approximate surface area is 940 Å². The van der Waals surface area contributed by atoms with Crippen LogP contribution in [0.15, 0.2) is 200 Å². The smallest absolute Gasteiger partial charge is 0.0705 e. The minimum atomic E-state index is -2.06. The number of aromatic nitrogens is 2. The number of benzene rings is 7. The third-order valence-corrected chi connectivity index (χ3v) is 29.2. The lowest BCUT2D eigenvalue weighted by Gasteiger charge is -2.62. The van der Waals surface area contributed by atoms with E-state index < -0.39 is 268 Å². The summed E-state index contributed by atoms with van der Waals surface area (Å²) in [5, 5.41) is 0.693. The van der Waals surface area contributed by atoms with Crippen molar-refractivity contribution in [1.82, 2.24) is 9.97 Å². The maximum Gasteiger partial charge on any atom is 0.0705 e. The summed E-state index contributed by atoms with van der Waals surface area (Å²) in [5.74, 6) is 0. The molecule has 89 heteroatoms. The van der Waals surface area contributed by atoms with Crippen molar-refractivity contribution in [3.8, 4) is 89.3 Å². The predicted molar refractivity (Wildman–Crippen MR) is 735 cm³/mol. The van der Waals surface area contributed by atoms with E-state index in [1.54, 1.807) is 0 Å². The first-order valence-corrected chi connectivity index (χ1v) is 47.9. The number of halogens is 1. The van der Waals surface area contributed by atoms with Gasteiger partial charge in [0.15, 0.2) is 0 Å². The van der Waals surface area contributed by atoms with Gasteiger partial charge in [0.2, 0.25) is 0 Å². The average Bonchev–Trinajstić information content (AvgIpc) is 0.708. The van der Waals surface area contributed by atoms with Gasteiger partial charge < -0.3 is 0 Å². The molecule has 0 saturated heterocycles. The minimum Gasteiger partial charge on any atom is -0.256 e. The summed E-state index contributed by atoms with van der Waals surface area (Å²) in [7, 11) is 306. The molecule has 9 rings (SSSR count). The van der Waals surface area contributed by atoms with Crippen molar-refractivity contribution in [3.63, 3.8) is 0 Å². The number of aryl methyl sites for hydroxylation is 2. The third kappa shape index (κ3) is 32.0. The summed E-state index contributed by atoms with van der Waals surface area (Å²) in [5.41, 5.74) is 20.1. The molecular formula is C54H39B86ClN2. The van der Waals surface area contributed by atoms with Crippen LogP contribution >= 0.6 is 11.6 Å². The zero-order valence-corrected chi connectivity index (χ0v) is 82.2. The van der Waals surface area contributed by atoms with Crippen molar-refractivity contribution in [3.05, 3.63) is 217 Å². The fraction of sp³-hybridized carbons (Fsp3) is 0.0370. The molecule has 2 heterocycles. The minimum absolute atomic E-state index is 0.693. The highest BCUT2D eigenvalue weighted by atomic mass is 35.5. The molecule has 0 bridgehead atoms. The molecule has 0 fully saturated rings. The first kappa shape index (κ1) is 127. The van der Waals surface area contributed by atoms with Crippen molar-refractivity contribution < 1.29 is 0 Å². The van der Waals surface area contributed by atoms with Gasteiger partial charge in [-0.1, -0.05) is 169 Å². The van der Waals surface area contributed by atoms with Crippen molar-refractivity contribution in [2.24, 2.45) is 0 Å². The largest absolute Gasteiger partial charge is 0.256 e. The summed E-state index contributed by atoms with van der Waals surface area (Å²) in [6, 6.07) is 66.1. The van der Waals surface area contributed by atoms with Crippen LogP contribution in [0.25, 0.3) is 89.3 Å². The number of pyridine rings is 2. The Balaban J connectivity index is 0.000000375. The highest BCUT2D eigenvalue weighted by Gasteiger charge is 2.67. The molecule has 143 heavy (non-hydrogen) atoms. The van der Waals surface area contributed by atoms with Gasteiger partial charge in [-0.05, 0) is 111 Å². The molecule has 0 aliphatic heterocycles. The molecule has 530 valence electrons. The maximum atomic E-state index is 7.10. The molecule has 9 aromatic rings. The second-order valence-electron chi connectivity index (χ2n) is 38.7. The van der Waals surface area contributed by atoms with Gasteiger partial charge >= 0.3 is 0 Å². The van der Waals surface area contributed by atoms with Crippen molar-refractivity contribution in [2.45, 2.75) is 13.8 Å². The quantitative estimate of drug-likeness (QED) is 0.0355. The number of nitrogens with zero attached hydrogens (tertiary/aromatic N) is 2. The van der Waals surface area contributed by atoms with Crippen molar-refractivity contribution in [2.75, 3.05) is 0 Å². The Morgan fingerprint density at radius 2 is 0.301 bits per heavy atom. The van der Waals surface area contributed by atoms with Gasteiger partial charge in [0.05, 0.1) is 11.4 Å². The standard InChI is InChI=1S/C54H39ClN2.B86/c1-36-29-53(56-34-51(36)38-13-5-3-6-14-38)42-25-21-40(22-26-42)47-17-9-11-19-49(47)44-31-45(33-46(55)32-44)50-20-12-10-18-48(50)41-23-27-43(28-24-41)54-30-37(2)52(35-57-54)39-15-7-4-8-16-39;1-45(2)67(46(3)4)78(68(47(5)6)48(7)8)83(77(65(41)42)66(43)44)86(84(79(69(49(9)10)50(11)12)70(51(13)14)52(15)16)80(71(53(17)18)54(19)20)72(55(21)22)56(23)24)85(81(73(57(25)26)58(27)28)74(59(29)30)60(31)32)82(75(61(33)34)62(35)36)76(63(37)38)64(39)40/h3-35H,1-2H3;. The predicted octanol–water partition coefficient (Wildman–Crippen LogP) is -17.7. The molecule has 0 amide bonds. The maximum absolute atomic E-state index is 7.10. The highest BCUT2D eigenvalue weighted by molar-refractivity contribution is 8.42. The fourth-order valence-corrected chi connectivity index (χ4v) is 23.4. The van der Waals surface area contributed by atoms with E-state index in [-0.39, 0.29) is 0 Å². The zero-order valence-electron chi connectivity index (χ0n) is 81.5. The van der Waals surface area contributed by atoms with Gasteiger partial charge in [0, 0.05) is 648 Å². The van der Waals surface area contributed by atoms with E-state index in [2.05, 4.69) is 190 Å². The molecule has 0 spiro atoms. The van der Waals surface area contributed by atoms with E-state index in [0.29, 0.717) is 5.02 Å². The van der Waals surface area contributed by atoms with Gasteiger partial charge in [-0.2, -0.15) is 0 Å². The Hall–Kier alpha value is -1.29. The van der Waals surface area contributed by atoms with Gasteiger partial charge in [0.1, 0.15) is 0 Å². The first-order chi connectivity index (χ1) is 67.0.